The average molecular weight is 617 g/mol. The number of carbonyl (C=O) groups excluding carboxylic acids is 1. The maximum absolute atomic E-state index is 14.6. The number of amides is 1. The van der Waals surface area contributed by atoms with E-state index in [-0.39, 0.29) is 46.5 Å². The van der Waals surface area contributed by atoms with Gasteiger partial charge in [0.15, 0.2) is 0 Å². The Labute approximate surface area is 248 Å². The van der Waals surface area contributed by atoms with E-state index in [1.165, 1.54) is 12.1 Å². The lowest BCUT2D eigenvalue weighted by molar-refractivity contribution is -0.128. The van der Waals surface area contributed by atoms with Gasteiger partial charge >= 0.3 is 0 Å². The topological polar surface area (TPSA) is 137 Å². The van der Waals surface area contributed by atoms with Crippen LogP contribution in [-0.2, 0) is 30.7 Å². The van der Waals surface area contributed by atoms with E-state index in [2.05, 4.69) is 35.6 Å². The summed E-state index contributed by atoms with van der Waals surface area (Å²) in [5.74, 6) is -0.505. The number of nitrogens with zero attached hydrogens (tertiary/aromatic N) is 2. The molecule has 0 aliphatic carbocycles. The quantitative estimate of drug-likeness (QED) is 0.318. The first kappa shape index (κ1) is 31.8. The van der Waals surface area contributed by atoms with Crippen LogP contribution in [0.4, 0.5) is 11.4 Å². The zero-order chi connectivity index (χ0) is 31.1. The van der Waals surface area contributed by atoms with E-state index in [0.29, 0.717) is 12.2 Å². The first-order valence-electron chi connectivity index (χ1n) is 13.8. The number of nitrogens with one attached hydrogen (secondary N) is 2. The number of ether oxygens (including phenoxy) is 1. The number of amidine groups is 1. The molecule has 2 atom stereocenters. The lowest BCUT2D eigenvalue weighted by Crippen LogP contribution is -2.45. The van der Waals surface area contributed by atoms with E-state index in [0.717, 1.165) is 18.2 Å². The number of sulfonamides is 1. The number of carbonyl (C=O) groups is 1. The van der Waals surface area contributed by atoms with Crippen molar-refractivity contribution in [3.8, 4) is 0 Å². The molecule has 1 amide bonds. The van der Waals surface area contributed by atoms with Crippen molar-refractivity contribution < 1.29 is 27.6 Å². The second-order valence-electron chi connectivity index (χ2n) is 13.2. The first-order chi connectivity index (χ1) is 19.4. The molecule has 2 aliphatic heterocycles. The molecule has 0 spiro atoms. The van der Waals surface area contributed by atoms with Crippen LogP contribution in [0.1, 0.15) is 53.5 Å². The van der Waals surface area contributed by atoms with Crippen molar-refractivity contribution in [3.63, 3.8) is 0 Å². The highest BCUT2D eigenvalue weighted by Gasteiger charge is 2.48. The molecule has 0 aromatic heterocycles. The van der Waals surface area contributed by atoms with E-state index in [4.69, 9.17) is 4.74 Å². The summed E-state index contributed by atoms with van der Waals surface area (Å²) < 4.78 is 51.2. The first-order valence-corrected chi connectivity index (χ1v) is 17.6. The normalized spacial score (nSPS) is 21.2. The van der Waals surface area contributed by atoms with Gasteiger partial charge in [0, 0.05) is 12.2 Å². The molecule has 12 heteroatoms. The van der Waals surface area contributed by atoms with Crippen LogP contribution in [0.25, 0.3) is 0 Å². The predicted octanol–water partition coefficient (Wildman–Crippen LogP) is 5.47. The third kappa shape index (κ3) is 7.25. The second-order valence-corrected chi connectivity index (χ2v) is 17.3. The molecule has 0 saturated heterocycles. The van der Waals surface area contributed by atoms with E-state index >= 15 is 0 Å². The molecule has 10 nitrogen and oxygen atoms in total. The number of aliphatic hydroxyl groups is 1. The molecular weight excluding hydrogens is 575 g/mol. The Bertz CT molecular complexity index is 1570. The number of hydrogen-bond acceptors (Lipinski definition) is 7. The van der Waals surface area contributed by atoms with Gasteiger partial charge in [-0.1, -0.05) is 71.9 Å². The number of rotatable bonds is 9. The molecule has 2 aliphatic rings. The smallest absolute Gasteiger partial charge is 0.261 e. The largest absolute Gasteiger partial charge is 0.509 e. The van der Waals surface area contributed by atoms with Gasteiger partial charge in [-0.3, -0.25) is 14.1 Å². The molecular formula is C30H41N4O6PS. The number of aliphatic hydroxyl groups excluding tert-OH is 1. The van der Waals surface area contributed by atoms with Crippen molar-refractivity contribution in [2.24, 2.45) is 15.6 Å². The van der Waals surface area contributed by atoms with Crippen LogP contribution < -0.4 is 15.3 Å². The van der Waals surface area contributed by atoms with Crippen molar-refractivity contribution in [1.82, 2.24) is 4.90 Å². The van der Waals surface area contributed by atoms with Gasteiger partial charge in [0.2, 0.25) is 17.3 Å². The van der Waals surface area contributed by atoms with E-state index in [1.807, 2.05) is 51.1 Å². The minimum Gasteiger partial charge on any atom is -0.509 e. The maximum atomic E-state index is 14.6. The molecule has 0 fully saturated rings. The standard InChI is InChI=1S/C30H41N4O6PS/c1-29(2,3)15-16-34-26(30(4,5)6)25(35)24(28(34)36)27-31-22-14-13-21(33-42(7,38)39)17-23(22)41(37,32-27)19-40-18-20-11-9-8-10-12-20/h8-14,17,26,33,35H,15-16,18-19H2,1-7H3,(H,31,32,37)/t26-,41?/m1/s1. The van der Waals surface area contributed by atoms with Crippen molar-refractivity contribution in [3.05, 3.63) is 65.4 Å². The summed E-state index contributed by atoms with van der Waals surface area (Å²) in [6.45, 7) is 12.8. The molecule has 3 N–H and O–H groups in total. The summed E-state index contributed by atoms with van der Waals surface area (Å²) in [5, 5.41) is 14.9. The van der Waals surface area contributed by atoms with Gasteiger partial charge in [0.1, 0.15) is 23.5 Å². The SMILES string of the molecule is CC(C)(C)CCN1C(=O)C(C2=NP(=O)(COCc3ccccc3)c3cc(NS(C)(=O)=O)ccc3N2)=C(O)[C@@H]1C(C)(C)C. The lowest BCUT2D eigenvalue weighted by Gasteiger charge is -2.36. The van der Waals surface area contributed by atoms with Crippen LogP contribution in [0.2, 0.25) is 0 Å². The third-order valence-corrected chi connectivity index (χ3v) is 9.82. The molecule has 2 aromatic carbocycles. The van der Waals surface area contributed by atoms with E-state index in [1.54, 1.807) is 11.0 Å². The van der Waals surface area contributed by atoms with E-state index < -0.39 is 34.7 Å². The van der Waals surface area contributed by atoms with Crippen LogP contribution >= 0.6 is 7.29 Å². The summed E-state index contributed by atoms with van der Waals surface area (Å²) in [4.78, 5) is 15.6. The average Bonchev–Trinajstić information content (AvgIpc) is 3.11. The third-order valence-electron chi connectivity index (χ3n) is 7.03. The van der Waals surface area contributed by atoms with Gasteiger partial charge in [-0.05, 0) is 41.0 Å². The molecule has 2 heterocycles. The number of benzene rings is 2. The molecule has 4 rings (SSSR count). The minimum absolute atomic E-state index is 0.00738. The summed E-state index contributed by atoms with van der Waals surface area (Å²) in [7, 11) is -7.36. The highest BCUT2D eigenvalue weighted by molar-refractivity contribution is 7.92. The minimum atomic E-state index is -3.76. The van der Waals surface area contributed by atoms with Crippen LogP contribution in [0.5, 0.6) is 0 Å². The summed E-state index contributed by atoms with van der Waals surface area (Å²) in [5.41, 5.74) is 0.950. The Balaban J connectivity index is 1.76. The van der Waals surface area contributed by atoms with Crippen LogP contribution in [0.15, 0.2) is 64.6 Å². The Morgan fingerprint density at radius 2 is 1.76 bits per heavy atom. The van der Waals surface area contributed by atoms with Crippen molar-refractivity contribution >= 4 is 45.7 Å². The van der Waals surface area contributed by atoms with Gasteiger partial charge in [-0.2, -0.15) is 0 Å². The van der Waals surface area contributed by atoms with Gasteiger partial charge < -0.3 is 20.1 Å². The summed E-state index contributed by atoms with van der Waals surface area (Å²) >= 11 is 0. The Kier molecular flexibility index (Phi) is 8.71. The lowest BCUT2D eigenvalue weighted by atomic mass is 9.84. The van der Waals surface area contributed by atoms with Gasteiger partial charge in [0.05, 0.1) is 29.9 Å². The van der Waals surface area contributed by atoms with Crippen LogP contribution in [0, 0.1) is 10.8 Å². The van der Waals surface area contributed by atoms with E-state index in [9.17, 15) is 22.9 Å². The zero-order valence-electron chi connectivity index (χ0n) is 25.3. The maximum Gasteiger partial charge on any atom is 0.261 e. The molecule has 2 aromatic rings. The second kappa shape index (κ2) is 11.5. The van der Waals surface area contributed by atoms with Crippen molar-refractivity contribution in [2.75, 3.05) is 29.2 Å². The zero-order valence-corrected chi connectivity index (χ0v) is 27.0. The van der Waals surface area contributed by atoms with Crippen molar-refractivity contribution in [2.45, 2.75) is 60.6 Å². The molecule has 1 unspecified atom stereocenters. The van der Waals surface area contributed by atoms with Gasteiger partial charge in [0.25, 0.3) is 5.91 Å². The molecule has 228 valence electrons. The fourth-order valence-electron chi connectivity index (χ4n) is 5.09. The highest BCUT2D eigenvalue weighted by Crippen LogP contribution is 2.52. The molecule has 42 heavy (non-hydrogen) atoms. The van der Waals surface area contributed by atoms with Gasteiger partial charge in [-0.25, -0.2) is 13.2 Å². The monoisotopic (exact) mass is 616 g/mol. The Morgan fingerprint density at radius 1 is 1.10 bits per heavy atom. The fourth-order valence-corrected chi connectivity index (χ4v) is 7.61. The van der Waals surface area contributed by atoms with Crippen LogP contribution in [-0.4, -0.2) is 55.4 Å². The molecule has 0 bridgehead atoms. The number of anilines is 2. The van der Waals surface area contributed by atoms with Gasteiger partial charge in [-0.15, -0.1) is 0 Å². The summed E-state index contributed by atoms with van der Waals surface area (Å²) in [6.07, 6.45) is 1.46. The summed E-state index contributed by atoms with van der Waals surface area (Å²) in [6, 6.07) is 13.4. The fraction of sp³-hybridized carbons (Fsp3) is 0.467. The predicted molar refractivity (Wildman–Crippen MR) is 168 cm³/mol. The Morgan fingerprint density at radius 3 is 2.36 bits per heavy atom. The number of fused-ring (bicyclic) bond motifs is 1. The van der Waals surface area contributed by atoms with Crippen LogP contribution in [0.3, 0.4) is 0 Å². The molecule has 0 saturated carbocycles. The Hall–Kier alpha value is -3.14. The number of hydrogen-bond donors (Lipinski definition) is 3. The molecule has 0 radical (unpaired) electrons. The van der Waals surface area contributed by atoms with Crippen molar-refractivity contribution in [1.29, 1.82) is 0 Å². The highest BCUT2D eigenvalue weighted by atomic mass is 32.2.